The average molecular weight is 256 g/mol. The van der Waals surface area contributed by atoms with Gasteiger partial charge in [0.2, 0.25) is 0 Å². The molecular formula is C11H16N2O3S. The van der Waals surface area contributed by atoms with Crippen LogP contribution in [0.5, 0.6) is 0 Å². The zero-order valence-corrected chi connectivity index (χ0v) is 10.3. The lowest BCUT2D eigenvalue weighted by Gasteiger charge is -2.26. The molecule has 0 spiro atoms. The molecule has 3 N–H and O–H groups in total. The number of hydrogen-bond acceptors (Lipinski definition) is 5. The van der Waals surface area contributed by atoms with Crippen LogP contribution in [-0.4, -0.2) is 27.4 Å². The Bertz CT molecular complexity index is 382. The van der Waals surface area contributed by atoms with Crippen molar-refractivity contribution >= 4 is 17.7 Å². The van der Waals surface area contributed by atoms with Gasteiger partial charge in [-0.2, -0.15) is 0 Å². The smallest absolute Gasteiger partial charge is 0.323 e. The number of thioether (sulfide) groups is 1. The van der Waals surface area contributed by atoms with Crippen LogP contribution in [0.25, 0.3) is 0 Å². The molecule has 0 radical (unpaired) electrons. The zero-order valence-electron chi connectivity index (χ0n) is 9.46. The van der Waals surface area contributed by atoms with Gasteiger partial charge in [-0.05, 0) is 25.2 Å². The van der Waals surface area contributed by atoms with Crippen LogP contribution in [0.3, 0.4) is 0 Å². The summed E-state index contributed by atoms with van der Waals surface area (Å²) < 4.78 is 5.10. The molecule has 0 amide bonds. The fourth-order valence-electron chi connectivity index (χ4n) is 2.36. The second kappa shape index (κ2) is 5.10. The predicted molar refractivity (Wildman–Crippen MR) is 63.7 cm³/mol. The summed E-state index contributed by atoms with van der Waals surface area (Å²) >= 11 is 1.50. The van der Waals surface area contributed by atoms with Gasteiger partial charge in [0.05, 0.1) is 6.20 Å². The number of rotatable bonds is 5. The molecule has 1 aromatic rings. The fourth-order valence-corrected chi connectivity index (χ4v) is 3.19. The molecule has 1 aliphatic carbocycles. The highest BCUT2D eigenvalue weighted by Crippen LogP contribution is 2.37. The number of aliphatic carboxylic acids is 1. The molecule has 0 saturated heterocycles. The van der Waals surface area contributed by atoms with E-state index in [1.165, 1.54) is 18.0 Å². The van der Waals surface area contributed by atoms with Crippen LogP contribution in [0, 0.1) is 5.92 Å². The fraction of sp³-hybridized carbons (Fsp3) is 0.636. The van der Waals surface area contributed by atoms with Gasteiger partial charge >= 0.3 is 5.97 Å². The quantitative estimate of drug-likeness (QED) is 0.780. The third-order valence-corrected chi connectivity index (χ3v) is 4.26. The summed E-state index contributed by atoms with van der Waals surface area (Å²) in [7, 11) is 0. The van der Waals surface area contributed by atoms with Gasteiger partial charge < -0.3 is 15.3 Å². The summed E-state index contributed by atoms with van der Waals surface area (Å²) in [6, 6.07) is 0. The maximum atomic E-state index is 11.2. The van der Waals surface area contributed by atoms with E-state index in [1.807, 2.05) is 0 Å². The first-order valence-corrected chi connectivity index (χ1v) is 6.66. The molecule has 2 atom stereocenters. The Balaban J connectivity index is 1.84. The lowest BCUT2D eigenvalue weighted by atomic mass is 9.86. The molecule has 1 aromatic heterocycles. The summed E-state index contributed by atoms with van der Waals surface area (Å²) in [6.45, 7) is 0. The van der Waals surface area contributed by atoms with Gasteiger partial charge in [0.25, 0.3) is 5.22 Å². The Morgan fingerprint density at radius 3 is 3.24 bits per heavy atom. The Morgan fingerprint density at radius 2 is 2.59 bits per heavy atom. The molecule has 1 heterocycles. The van der Waals surface area contributed by atoms with Crippen molar-refractivity contribution < 1.29 is 14.3 Å². The second-order valence-electron chi connectivity index (χ2n) is 4.37. The molecule has 6 heteroatoms. The summed E-state index contributed by atoms with van der Waals surface area (Å²) in [5.74, 6) is -0.0270. The van der Waals surface area contributed by atoms with Crippen LogP contribution < -0.4 is 5.73 Å². The molecule has 1 aliphatic rings. The Hall–Kier alpha value is -1.01. The van der Waals surface area contributed by atoms with Crippen molar-refractivity contribution in [1.29, 1.82) is 0 Å². The van der Waals surface area contributed by atoms with Crippen molar-refractivity contribution in [1.82, 2.24) is 4.98 Å². The van der Waals surface area contributed by atoms with E-state index in [-0.39, 0.29) is 5.92 Å². The van der Waals surface area contributed by atoms with Crippen molar-refractivity contribution in [3.63, 3.8) is 0 Å². The minimum absolute atomic E-state index is 0.0578. The first-order valence-electron chi connectivity index (χ1n) is 5.67. The van der Waals surface area contributed by atoms with E-state index in [0.717, 1.165) is 25.0 Å². The molecule has 94 valence electrons. The van der Waals surface area contributed by atoms with Crippen molar-refractivity contribution in [2.45, 2.75) is 36.4 Å². The van der Waals surface area contributed by atoms with Crippen LogP contribution >= 0.6 is 11.8 Å². The molecule has 5 nitrogen and oxygen atoms in total. The van der Waals surface area contributed by atoms with E-state index < -0.39 is 11.5 Å². The maximum absolute atomic E-state index is 11.2. The third-order valence-electron chi connectivity index (χ3n) is 3.37. The van der Waals surface area contributed by atoms with Crippen LogP contribution in [-0.2, 0) is 4.79 Å². The van der Waals surface area contributed by atoms with E-state index in [1.54, 1.807) is 6.20 Å². The topological polar surface area (TPSA) is 89.4 Å². The van der Waals surface area contributed by atoms with E-state index in [4.69, 9.17) is 15.3 Å². The molecule has 0 bridgehead atoms. The molecule has 0 aliphatic heterocycles. The minimum atomic E-state index is -1.03. The van der Waals surface area contributed by atoms with Crippen molar-refractivity contribution in [2.24, 2.45) is 11.7 Å². The first kappa shape index (κ1) is 12.4. The van der Waals surface area contributed by atoms with Gasteiger partial charge in [0.15, 0.2) is 0 Å². The van der Waals surface area contributed by atoms with Gasteiger partial charge in [-0.3, -0.25) is 4.79 Å². The molecule has 0 aromatic carbocycles. The van der Waals surface area contributed by atoms with Crippen LogP contribution in [0.15, 0.2) is 22.1 Å². The van der Waals surface area contributed by atoms with E-state index in [0.29, 0.717) is 11.6 Å². The van der Waals surface area contributed by atoms with Gasteiger partial charge in [0.1, 0.15) is 11.8 Å². The SMILES string of the molecule is NC1(C(=O)O)CCCC1CCSc1ncco1. The molecule has 1 saturated carbocycles. The van der Waals surface area contributed by atoms with E-state index in [2.05, 4.69) is 4.98 Å². The lowest BCUT2D eigenvalue weighted by molar-refractivity contribution is -0.144. The maximum Gasteiger partial charge on any atom is 0.323 e. The summed E-state index contributed by atoms with van der Waals surface area (Å²) in [4.78, 5) is 15.2. The van der Waals surface area contributed by atoms with Crippen LogP contribution in [0.4, 0.5) is 0 Å². The van der Waals surface area contributed by atoms with Gasteiger partial charge in [0, 0.05) is 5.75 Å². The average Bonchev–Trinajstić information content (AvgIpc) is 2.90. The number of carboxylic acids is 1. The summed E-state index contributed by atoms with van der Waals surface area (Å²) in [5.41, 5.74) is 4.93. The number of carboxylic acid groups (broad SMARTS) is 1. The summed E-state index contributed by atoms with van der Waals surface area (Å²) in [5, 5.41) is 9.79. The van der Waals surface area contributed by atoms with Gasteiger partial charge in [-0.1, -0.05) is 18.2 Å². The van der Waals surface area contributed by atoms with Crippen LogP contribution in [0.2, 0.25) is 0 Å². The Kier molecular flexibility index (Phi) is 3.73. The van der Waals surface area contributed by atoms with E-state index in [9.17, 15) is 4.79 Å². The van der Waals surface area contributed by atoms with E-state index >= 15 is 0 Å². The number of nitrogens with zero attached hydrogens (tertiary/aromatic N) is 1. The van der Waals surface area contributed by atoms with Crippen molar-refractivity contribution in [3.8, 4) is 0 Å². The number of hydrogen-bond donors (Lipinski definition) is 2. The van der Waals surface area contributed by atoms with Gasteiger partial charge in [-0.15, -0.1) is 0 Å². The third kappa shape index (κ3) is 2.63. The number of aromatic nitrogens is 1. The molecule has 2 unspecified atom stereocenters. The predicted octanol–water partition coefficient (Wildman–Crippen LogP) is 1.74. The molecule has 1 fully saturated rings. The number of carbonyl (C=O) groups is 1. The lowest BCUT2D eigenvalue weighted by Crippen LogP contribution is -2.51. The monoisotopic (exact) mass is 256 g/mol. The zero-order chi connectivity index (χ0) is 12.3. The standard InChI is InChI=1S/C11H16N2O3S/c12-11(9(14)15)4-1-2-8(11)3-7-17-10-13-5-6-16-10/h5-6,8H,1-4,7,12H2,(H,14,15). The number of oxazole rings is 1. The summed E-state index contributed by atoms with van der Waals surface area (Å²) in [6.07, 6.45) is 6.29. The minimum Gasteiger partial charge on any atom is -0.480 e. The van der Waals surface area contributed by atoms with Crippen molar-refractivity contribution in [3.05, 3.63) is 12.5 Å². The Labute approximate surface area is 104 Å². The largest absolute Gasteiger partial charge is 0.480 e. The second-order valence-corrected chi connectivity index (χ2v) is 5.42. The molecular weight excluding hydrogens is 240 g/mol. The normalized spacial score (nSPS) is 28.4. The highest BCUT2D eigenvalue weighted by atomic mass is 32.2. The number of nitrogens with two attached hydrogens (primary N) is 1. The Morgan fingerprint density at radius 1 is 1.76 bits per heavy atom. The molecule has 17 heavy (non-hydrogen) atoms. The first-order chi connectivity index (χ1) is 8.13. The van der Waals surface area contributed by atoms with Crippen LogP contribution in [0.1, 0.15) is 25.7 Å². The highest BCUT2D eigenvalue weighted by molar-refractivity contribution is 7.99. The van der Waals surface area contributed by atoms with Gasteiger partial charge in [-0.25, -0.2) is 4.98 Å². The molecule has 2 rings (SSSR count). The highest BCUT2D eigenvalue weighted by Gasteiger charge is 2.45. The van der Waals surface area contributed by atoms with Crippen molar-refractivity contribution in [2.75, 3.05) is 5.75 Å².